The van der Waals surface area contributed by atoms with E-state index >= 15 is 0 Å². The lowest BCUT2D eigenvalue weighted by molar-refractivity contribution is 0.673. The molecular formula is C52H30OS. The van der Waals surface area contributed by atoms with E-state index in [-0.39, 0.29) is 0 Å². The molecule has 0 spiro atoms. The minimum Gasteiger partial charge on any atom is -0.455 e. The Kier molecular flexibility index (Phi) is 6.28. The fourth-order valence-corrected chi connectivity index (χ4v) is 10.2. The molecule has 2 heteroatoms. The van der Waals surface area contributed by atoms with Crippen LogP contribution in [0.3, 0.4) is 0 Å². The second kappa shape index (κ2) is 11.4. The largest absolute Gasteiger partial charge is 0.455 e. The molecule has 0 aliphatic heterocycles. The van der Waals surface area contributed by atoms with Crippen LogP contribution in [0, 0.1) is 0 Å². The topological polar surface area (TPSA) is 13.1 Å². The van der Waals surface area contributed by atoms with Crippen LogP contribution < -0.4 is 0 Å². The average Bonchev–Trinajstić information content (AvgIpc) is 3.81. The Balaban J connectivity index is 1.05. The van der Waals surface area contributed by atoms with Crippen molar-refractivity contribution in [3.05, 3.63) is 182 Å². The van der Waals surface area contributed by atoms with Gasteiger partial charge in [0.1, 0.15) is 5.58 Å². The van der Waals surface area contributed by atoms with Crippen molar-refractivity contribution in [3.63, 3.8) is 0 Å². The molecule has 0 aliphatic rings. The van der Waals surface area contributed by atoms with Gasteiger partial charge in [-0.2, -0.15) is 0 Å². The van der Waals surface area contributed by atoms with Gasteiger partial charge in [0.25, 0.3) is 0 Å². The monoisotopic (exact) mass is 702 g/mol. The van der Waals surface area contributed by atoms with Crippen LogP contribution in [0.1, 0.15) is 0 Å². The first-order chi connectivity index (χ1) is 26.8. The predicted molar refractivity (Wildman–Crippen MR) is 233 cm³/mol. The van der Waals surface area contributed by atoms with Gasteiger partial charge in [-0.05, 0) is 107 Å². The molecule has 2 heterocycles. The molecule has 250 valence electrons. The minimum atomic E-state index is 0.940. The molecule has 0 fully saturated rings. The Bertz CT molecular complexity index is 3440. The van der Waals surface area contributed by atoms with E-state index in [2.05, 4.69) is 182 Å². The first kappa shape index (κ1) is 29.8. The van der Waals surface area contributed by atoms with E-state index in [0.29, 0.717) is 0 Å². The number of thiophene rings is 1. The summed E-state index contributed by atoms with van der Waals surface area (Å²) in [7, 11) is 0. The summed E-state index contributed by atoms with van der Waals surface area (Å²) in [6.07, 6.45) is 0. The second-order valence-electron chi connectivity index (χ2n) is 14.4. The number of hydrogen-bond acceptors (Lipinski definition) is 2. The van der Waals surface area contributed by atoms with Crippen LogP contribution in [0.4, 0.5) is 0 Å². The third-order valence-electron chi connectivity index (χ3n) is 11.4. The van der Waals surface area contributed by atoms with Crippen molar-refractivity contribution in [1.29, 1.82) is 0 Å². The fraction of sp³-hybridized carbons (Fsp3) is 0. The highest BCUT2D eigenvalue weighted by molar-refractivity contribution is 7.26. The van der Waals surface area contributed by atoms with Crippen molar-refractivity contribution in [2.45, 2.75) is 0 Å². The zero-order valence-electron chi connectivity index (χ0n) is 29.1. The quantitative estimate of drug-likeness (QED) is 0.167. The predicted octanol–water partition coefficient (Wildman–Crippen LogP) is 15.6. The van der Waals surface area contributed by atoms with Crippen molar-refractivity contribution in [1.82, 2.24) is 0 Å². The summed E-state index contributed by atoms with van der Waals surface area (Å²) < 4.78 is 9.12. The molecule has 1 nitrogen and oxygen atoms in total. The van der Waals surface area contributed by atoms with Gasteiger partial charge in [0.15, 0.2) is 5.58 Å². The van der Waals surface area contributed by atoms with Crippen LogP contribution in [0.5, 0.6) is 0 Å². The lowest BCUT2D eigenvalue weighted by Gasteiger charge is -2.18. The maximum absolute atomic E-state index is 6.65. The van der Waals surface area contributed by atoms with E-state index in [1.54, 1.807) is 0 Å². The summed E-state index contributed by atoms with van der Waals surface area (Å²) >= 11 is 1.84. The van der Waals surface area contributed by atoms with Crippen LogP contribution in [0.25, 0.3) is 119 Å². The Hall–Kier alpha value is -6.74. The summed E-state index contributed by atoms with van der Waals surface area (Å²) in [6.45, 7) is 0. The van der Waals surface area contributed by atoms with Crippen LogP contribution >= 0.6 is 11.3 Å². The van der Waals surface area contributed by atoms with E-state index < -0.39 is 0 Å². The van der Waals surface area contributed by atoms with E-state index in [1.165, 1.54) is 107 Å². The molecule has 0 amide bonds. The maximum Gasteiger partial charge on any atom is 0.153 e. The third kappa shape index (κ3) is 4.32. The molecule has 12 aromatic rings. The Morgan fingerprint density at radius 3 is 1.59 bits per heavy atom. The molecule has 0 saturated heterocycles. The smallest absolute Gasteiger partial charge is 0.153 e. The Morgan fingerprint density at radius 2 is 0.870 bits per heavy atom. The molecule has 2 aromatic heterocycles. The van der Waals surface area contributed by atoms with Crippen molar-refractivity contribution < 1.29 is 4.42 Å². The lowest BCUT2D eigenvalue weighted by Crippen LogP contribution is -1.91. The zero-order chi connectivity index (χ0) is 35.3. The molecule has 12 rings (SSSR count). The normalized spacial score (nSPS) is 12.1. The summed E-state index contributed by atoms with van der Waals surface area (Å²) in [6, 6.07) is 66.7. The van der Waals surface area contributed by atoms with Gasteiger partial charge >= 0.3 is 0 Å². The molecule has 0 bridgehead atoms. The Labute approximate surface area is 314 Å². The average molecular weight is 703 g/mol. The highest BCUT2D eigenvalue weighted by atomic mass is 32.1. The van der Waals surface area contributed by atoms with Gasteiger partial charge in [0.2, 0.25) is 0 Å². The van der Waals surface area contributed by atoms with Crippen molar-refractivity contribution in [3.8, 4) is 33.4 Å². The summed E-state index contributed by atoms with van der Waals surface area (Å²) in [5.74, 6) is 0. The molecule has 54 heavy (non-hydrogen) atoms. The summed E-state index contributed by atoms with van der Waals surface area (Å²) in [4.78, 5) is 0. The summed E-state index contributed by atoms with van der Waals surface area (Å²) in [5, 5.41) is 14.9. The van der Waals surface area contributed by atoms with E-state index in [0.717, 1.165) is 11.2 Å². The van der Waals surface area contributed by atoms with E-state index in [1.807, 2.05) is 11.3 Å². The van der Waals surface area contributed by atoms with Crippen LogP contribution in [0.15, 0.2) is 186 Å². The molecule has 0 aliphatic carbocycles. The SMILES string of the molecule is c1ccc(-c2ccc3cc(-c4c5ccccc5c(-c5ccc6c(c5)sc5c6ccc6c5oc5ccc7ccccc7c56)c5ccccc45)ccc3c2)cc1. The van der Waals surface area contributed by atoms with Crippen LogP contribution in [-0.4, -0.2) is 0 Å². The Morgan fingerprint density at radius 1 is 0.333 bits per heavy atom. The number of furan rings is 1. The number of rotatable bonds is 3. The highest BCUT2D eigenvalue weighted by Gasteiger charge is 2.20. The first-order valence-electron chi connectivity index (χ1n) is 18.5. The van der Waals surface area contributed by atoms with Crippen molar-refractivity contribution in [2.75, 3.05) is 0 Å². The third-order valence-corrected chi connectivity index (χ3v) is 12.6. The van der Waals surface area contributed by atoms with Gasteiger partial charge in [0, 0.05) is 26.2 Å². The minimum absolute atomic E-state index is 0.940. The molecule has 0 saturated carbocycles. The van der Waals surface area contributed by atoms with Gasteiger partial charge in [-0.15, -0.1) is 11.3 Å². The van der Waals surface area contributed by atoms with Gasteiger partial charge in [-0.3, -0.25) is 0 Å². The molecule has 0 atom stereocenters. The standard InChI is InChI=1S/C52H30OS/c1-2-10-31(11-3-1)33-18-19-35-29-36(21-20-34(35)28-33)48-40-14-6-8-16-42(40)49(43-17-9-7-15-41(43)48)37-22-24-39-44-25-26-45-50-38-13-5-4-12-32(38)23-27-46(50)53-51(45)52(44)54-47(39)30-37/h1-30H. The van der Waals surface area contributed by atoms with Crippen molar-refractivity contribution in [2.24, 2.45) is 0 Å². The van der Waals surface area contributed by atoms with Crippen LogP contribution in [-0.2, 0) is 0 Å². The van der Waals surface area contributed by atoms with Gasteiger partial charge < -0.3 is 4.42 Å². The molecule has 0 radical (unpaired) electrons. The number of benzene rings is 10. The van der Waals surface area contributed by atoms with E-state index in [9.17, 15) is 0 Å². The molecule has 0 N–H and O–H groups in total. The number of hydrogen-bond donors (Lipinski definition) is 0. The zero-order valence-corrected chi connectivity index (χ0v) is 30.0. The first-order valence-corrected chi connectivity index (χ1v) is 19.3. The molecular weight excluding hydrogens is 673 g/mol. The van der Waals surface area contributed by atoms with E-state index in [4.69, 9.17) is 4.42 Å². The maximum atomic E-state index is 6.65. The molecule has 10 aromatic carbocycles. The summed E-state index contributed by atoms with van der Waals surface area (Å²) in [5.41, 5.74) is 9.41. The second-order valence-corrected chi connectivity index (χ2v) is 15.4. The van der Waals surface area contributed by atoms with Gasteiger partial charge in [-0.25, -0.2) is 0 Å². The number of fused-ring (bicyclic) bond motifs is 12. The van der Waals surface area contributed by atoms with Crippen molar-refractivity contribution >= 4 is 96.5 Å². The van der Waals surface area contributed by atoms with Gasteiger partial charge in [-0.1, -0.05) is 152 Å². The molecule has 0 unspecified atom stereocenters. The van der Waals surface area contributed by atoms with Crippen LogP contribution in [0.2, 0.25) is 0 Å². The lowest BCUT2D eigenvalue weighted by atomic mass is 9.85. The highest BCUT2D eigenvalue weighted by Crippen LogP contribution is 2.47. The fourth-order valence-electron chi connectivity index (χ4n) is 8.96. The van der Waals surface area contributed by atoms with Gasteiger partial charge in [0.05, 0.1) is 4.70 Å².